The van der Waals surface area contributed by atoms with E-state index in [-0.39, 0.29) is 23.1 Å². The van der Waals surface area contributed by atoms with E-state index in [0.29, 0.717) is 31.7 Å². The highest BCUT2D eigenvalue weighted by molar-refractivity contribution is 6.33. The minimum absolute atomic E-state index is 0.0249. The number of likely N-dealkylation sites (tertiary alicyclic amines) is 1. The fourth-order valence-corrected chi connectivity index (χ4v) is 3.44. The highest BCUT2D eigenvalue weighted by Crippen LogP contribution is 2.31. The normalized spacial score (nSPS) is 23.3. The van der Waals surface area contributed by atoms with Crippen LogP contribution >= 0.6 is 11.6 Å². The molecule has 23 heavy (non-hydrogen) atoms. The Morgan fingerprint density at radius 2 is 2.30 bits per heavy atom. The van der Waals surface area contributed by atoms with E-state index in [9.17, 15) is 9.18 Å². The molecule has 2 aliphatic heterocycles. The SMILES string of the molecule is O=C(c1ccc(F)cc1Cl)N1CC[C@@H]2OCc3cnnn3[C@H]2C1. The quantitative estimate of drug-likeness (QED) is 0.799. The van der Waals surface area contributed by atoms with E-state index in [1.54, 1.807) is 11.1 Å². The number of benzene rings is 1. The first-order valence-corrected chi connectivity index (χ1v) is 7.76. The van der Waals surface area contributed by atoms with Crippen molar-refractivity contribution in [1.82, 2.24) is 19.9 Å². The van der Waals surface area contributed by atoms with Crippen LogP contribution in [0.5, 0.6) is 0 Å². The Labute approximate surface area is 136 Å². The van der Waals surface area contributed by atoms with Gasteiger partial charge in [0.05, 0.1) is 41.2 Å². The van der Waals surface area contributed by atoms with Crippen molar-refractivity contribution < 1.29 is 13.9 Å². The van der Waals surface area contributed by atoms with E-state index in [1.165, 1.54) is 12.1 Å². The second-order valence-corrected chi connectivity index (χ2v) is 6.16. The predicted molar refractivity (Wildman–Crippen MR) is 79.6 cm³/mol. The summed E-state index contributed by atoms with van der Waals surface area (Å²) in [4.78, 5) is 14.4. The van der Waals surface area contributed by atoms with Gasteiger partial charge in [-0.15, -0.1) is 5.10 Å². The molecule has 0 spiro atoms. The largest absolute Gasteiger partial charge is 0.370 e. The van der Waals surface area contributed by atoms with E-state index < -0.39 is 5.82 Å². The topological polar surface area (TPSA) is 60.3 Å². The minimum Gasteiger partial charge on any atom is -0.370 e. The molecule has 0 N–H and O–H groups in total. The van der Waals surface area contributed by atoms with E-state index in [2.05, 4.69) is 10.3 Å². The van der Waals surface area contributed by atoms with Crippen molar-refractivity contribution in [3.05, 3.63) is 46.5 Å². The highest BCUT2D eigenvalue weighted by atomic mass is 35.5. The lowest BCUT2D eigenvalue weighted by Gasteiger charge is -2.41. The van der Waals surface area contributed by atoms with Crippen molar-refractivity contribution in [1.29, 1.82) is 0 Å². The summed E-state index contributed by atoms with van der Waals surface area (Å²) in [5.74, 6) is -0.668. The lowest BCUT2D eigenvalue weighted by molar-refractivity contribution is -0.0605. The van der Waals surface area contributed by atoms with E-state index >= 15 is 0 Å². The minimum atomic E-state index is -0.460. The summed E-state index contributed by atoms with van der Waals surface area (Å²) in [6, 6.07) is 3.76. The van der Waals surface area contributed by atoms with Gasteiger partial charge in [-0.3, -0.25) is 4.79 Å². The molecule has 2 aromatic rings. The second-order valence-electron chi connectivity index (χ2n) is 5.75. The molecule has 4 rings (SSSR count). The van der Waals surface area contributed by atoms with Crippen molar-refractivity contribution in [3.8, 4) is 0 Å². The number of amides is 1. The second kappa shape index (κ2) is 5.58. The summed E-state index contributed by atoms with van der Waals surface area (Å²) in [6.07, 6.45) is 2.42. The van der Waals surface area contributed by atoms with Gasteiger partial charge in [-0.2, -0.15) is 0 Å². The van der Waals surface area contributed by atoms with Gasteiger partial charge in [0.1, 0.15) is 5.82 Å². The number of halogens is 2. The third kappa shape index (κ3) is 2.49. The van der Waals surface area contributed by atoms with E-state index in [1.807, 2.05) is 4.68 Å². The van der Waals surface area contributed by atoms with Crippen LogP contribution in [0.3, 0.4) is 0 Å². The molecular formula is C15H14ClFN4O2. The number of piperidine rings is 1. The summed E-state index contributed by atoms with van der Waals surface area (Å²) in [7, 11) is 0. The van der Waals surface area contributed by atoms with Gasteiger partial charge in [0, 0.05) is 13.1 Å². The molecule has 1 fully saturated rings. The fraction of sp³-hybridized carbons (Fsp3) is 0.400. The van der Waals surface area contributed by atoms with Gasteiger partial charge < -0.3 is 9.64 Å². The molecule has 1 saturated heterocycles. The molecule has 0 unspecified atom stereocenters. The first kappa shape index (κ1) is 14.6. The van der Waals surface area contributed by atoms with Gasteiger partial charge in [-0.05, 0) is 24.6 Å². The summed E-state index contributed by atoms with van der Waals surface area (Å²) < 4.78 is 20.8. The Hall–Kier alpha value is -1.99. The van der Waals surface area contributed by atoms with Gasteiger partial charge in [-0.1, -0.05) is 16.8 Å². The number of aromatic nitrogens is 3. The Morgan fingerprint density at radius 1 is 1.43 bits per heavy atom. The molecule has 1 aromatic heterocycles. The number of rotatable bonds is 1. The first-order chi connectivity index (χ1) is 11.1. The van der Waals surface area contributed by atoms with Gasteiger partial charge in [-0.25, -0.2) is 9.07 Å². The van der Waals surface area contributed by atoms with Gasteiger partial charge in [0.25, 0.3) is 5.91 Å². The Bertz CT molecular complexity index is 766. The molecule has 0 bridgehead atoms. The number of carbonyl (C=O) groups excluding carboxylic acids is 1. The van der Waals surface area contributed by atoms with Crippen molar-refractivity contribution in [2.24, 2.45) is 0 Å². The first-order valence-electron chi connectivity index (χ1n) is 7.38. The van der Waals surface area contributed by atoms with Crippen molar-refractivity contribution in [2.45, 2.75) is 25.2 Å². The average Bonchev–Trinajstić information content (AvgIpc) is 3.03. The molecule has 0 radical (unpaired) electrons. The van der Waals surface area contributed by atoms with Crippen LogP contribution in [0.4, 0.5) is 4.39 Å². The summed E-state index contributed by atoms with van der Waals surface area (Å²) in [5.41, 5.74) is 1.21. The molecule has 120 valence electrons. The maximum Gasteiger partial charge on any atom is 0.255 e. The highest BCUT2D eigenvalue weighted by Gasteiger charge is 2.38. The number of ether oxygens (including phenoxy) is 1. The molecular weight excluding hydrogens is 323 g/mol. The van der Waals surface area contributed by atoms with Gasteiger partial charge >= 0.3 is 0 Å². The molecule has 3 heterocycles. The zero-order chi connectivity index (χ0) is 16.0. The summed E-state index contributed by atoms with van der Waals surface area (Å²) in [5, 5.41) is 8.15. The van der Waals surface area contributed by atoms with Crippen molar-refractivity contribution >= 4 is 17.5 Å². The van der Waals surface area contributed by atoms with Crippen LogP contribution in [0.2, 0.25) is 5.02 Å². The number of carbonyl (C=O) groups is 1. The molecule has 1 aromatic carbocycles. The maximum absolute atomic E-state index is 13.2. The fourth-order valence-electron chi connectivity index (χ4n) is 3.20. The number of nitrogens with zero attached hydrogens (tertiary/aromatic N) is 4. The summed E-state index contributed by atoms with van der Waals surface area (Å²) in [6.45, 7) is 1.53. The molecule has 1 amide bonds. The Kier molecular flexibility index (Phi) is 3.54. The number of hydrogen-bond acceptors (Lipinski definition) is 4. The Balaban J connectivity index is 1.59. The zero-order valence-electron chi connectivity index (χ0n) is 12.2. The average molecular weight is 337 g/mol. The lowest BCUT2D eigenvalue weighted by atomic mass is 9.99. The Morgan fingerprint density at radius 3 is 3.13 bits per heavy atom. The zero-order valence-corrected chi connectivity index (χ0v) is 12.9. The van der Waals surface area contributed by atoms with Crippen LogP contribution in [-0.2, 0) is 11.3 Å². The van der Waals surface area contributed by atoms with Crippen LogP contribution in [0, 0.1) is 5.82 Å². The molecule has 2 aliphatic rings. The van der Waals surface area contributed by atoms with Crippen LogP contribution < -0.4 is 0 Å². The third-order valence-electron chi connectivity index (χ3n) is 4.38. The third-order valence-corrected chi connectivity index (χ3v) is 4.69. The maximum atomic E-state index is 13.2. The molecule has 2 atom stereocenters. The number of hydrogen-bond donors (Lipinski definition) is 0. The van der Waals surface area contributed by atoms with E-state index in [0.717, 1.165) is 11.8 Å². The van der Waals surface area contributed by atoms with Gasteiger partial charge in [0.2, 0.25) is 0 Å². The summed E-state index contributed by atoms with van der Waals surface area (Å²) >= 11 is 6.00. The standard InChI is InChI=1S/C15H14ClFN4O2/c16-12-5-9(17)1-2-11(12)15(22)20-4-3-14-13(7-20)21-10(8-23-14)6-18-19-21/h1-2,5-6,13-14H,3-4,7-8H2/t13-,14-/m0/s1. The lowest BCUT2D eigenvalue weighted by Crippen LogP contribution is -2.50. The van der Waals surface area contributed by atoms with Crippen LogP contribution in [0.15, 0.2) is 24.4 Å². The van der Waals surface area contributed by atoms with E-state index in [4.69, 9.17) is 16.3 Å². The van der Waals surface area contributed by atoms with Crippen LogP contribution in [-0.4, -0.2) is 45.0 Å². The van der Waals surface area contributed by atoms with Crippen LogP contribution in [0.1, 0.15) is 28.5 Å². The van der Waals surface area contributed by atoms with Crippen molar-refractivity contribution in [3.63, 3.8) is 0 Å². The molecule has 8 heteroatoms. The number of fused-ring (bicyclic) bond motifs is 3. The van der Waals surface area contributed by atoms with Crippen LogP contribution in [0.25, 0.3) is 0 Å². The molecule has 6 nitrogen and oxygen atoms in total. The molecule has 0 aliphatic carbocycles. The smallest absolute Gasteiger partial charge is 0.255 e. The van der Waals surface area contributed by atoms with Gasteiger partial charge in [0.15, 0.2) is 0 Å². The molecule has 0 saturated carbocycles. The predicted octanol–water partition coefficient (Wildman–Crippen LogP) is 2.06. The van der Waals surface area contributed by atoms with Crippen molar-refractivity contribution in [2.75, 3.05) is 13.1 Å². The monoisotopic (exact) mass is 336 g/mol.